The van der Waals surface area contributed by atoms with Crippen molar-refractivity contribution in [1.82, 2.24) is 29.4 Å². The molecule has 0 radical (unpaired) electrons. The minimum absolute atomic E-state index is 0.0142. The molecule has 2 aromatic heterocycles. The van der Waals surface area contributed by atoms with Crippen LogP contribution in [0.15, 0.2) is 12.7 Å². The molecule has 1 fully saturated rings. The molecule has 22 heavy (non-hydrogen) atoms. The number of rotatable bonds is 3. The van der Waals surface area contributed by atoms with Gasteiger partial charge in [0.25, 0.3) is 0 Å². The maximum Gasteiger partial charge on any atom is 0.247 e. The molecule has 0 N–H and O–H groups in total. The monoisotopic (exact) mass is 322 g/mol. The molecule has 0 spiro atoms. The number of hydrogen-bond acceptors (Lipinski definition) is 4. The lowest BCUT2D eigenvalue weighted by atomic mass is 10.1. The van der Waals surface area contributed by atoms with Crippen LogP contribution in [0.1, 0.15) is 43.1 Å². The van der Waals surface area contributed by atoms with Crippen LogP contribution in [0.2, 0.25) is 5.15 Å². The van der Waals surface area contributed by atoms with Crippen LogP contribution >= 0.6 is 11.6 Å². The predicted octanol–water partition coefficient (Wildman–Crippen LogP) is 1.90. The molecule has 0 aliphatic carbocycles. The summed E-state index contributed by atoms with van der Waals surface area (Å²) < 4.78 is 3.24. The third kappa shape index (κ3) is 2.39. The standard InChI is InChI=1S/C14H19ClN6O/c1-9-12(13(15)19(3)18-9)11-5-4-6-20(11)14(22)10(2)21-8-16-7-17-21/h7-8,10-11H,4-6H2,1-3H3/t10-,11+/m0/s1. The fraction of sp³-hybridized carbons (Fsp3) is 0.571. The van der Waals surface area contributed by atoms with Gasteiger partial charge in [-0.25, -0.2) is 9.67 Å². The van der Waals surface area contributed by atoms with E-state index < -0.39 is 0 Å². The van der Waals surface area contributed by atoms with Crippen molar-refractivity contribution in [3.63, 3.8) is 0 Å². The van der Waals surface area contributed by atoms with Gasteiger partial charge in [-0.2, -0.15) is 10.2 Å². The van der Waals surface area contributed by atoms with E-state index in [0.29, 0.717) is 5.15 Å². The summed E-state index contributed by atoms with van der Waals surface area (Å²) in [5, 5.41) is 9.03. The summed E-state index contributed by atoms with van der Waals surface area (Å²) in [5.41, 5.74) is 1.84. The summed E-state index contributed by atoms with van der Waals surface area (Å²) in [6.45, 7) is 4.50. The van der Waals surface area contributed by atoms with E-state index in [-0.39, 0.29) is 18.0 Å². The first-order valence-electron chi connectivity index (χ1n) is 7.34. The van der Waals surface area contributed by atoms with Gasteiger partial charge >= 0.3 is 0 Å². The van der Waals surface area contributed by atoms with E-state index in [0.717, 1.165) is 30.6 Å². The third-order valence-electron chi connectivity index (χ3n) is 4.26. The van der Waals surface area contributed by atoms with Crippen molar-refractivity contribution in [2.75, 3.05) is 6.54 Å². The van der Waals surface area contributed by atoms with Gasteiger partial charge in [-0.3, -0.25) is 9.48 Å². The van der Waals surface area contributed by atoms with E-state index in [1.165, 1.54) is 6.33 Å². The van der Waals surface area contributed by atoms with E-state index in [2.05, 4.69) is 15.2 Å². The van der Waals surface area contributed by atoms with Crippen LogP contribution in [0, 0.1) is 6.92 Å². The highest BCUT2D eigenvalue weighted by atomic mass is 35.5. The van der Waals surface area contributed by atoms with Crippen LogP contribution in [-0.4, -0.2) is 41.9 Å². The lowest BCUT2D eigenvalue weighted by Crippen LogP contribution is -2.36. The Morgan fingerprint density at radius 1 is 1.50 bits per heavy atom. The molecule has 2 aromatic rings. The van der Waals surface area contributed by atoms with Crippen molar-refractivity contribution < 1.29 is 4.79 Å². The molecular weight excluding hydrogens is 304 g/mol. The number of carbonyl (C=O) groups is 1. The van der Waals surface area contributed by atoms with Gasteiger partial charge in [0, 0.05) is 19.2 Å². The van der Waals surface area contributed by atoms with Crippen molar-refractivity contribution >= 4 is 17.5 Å². The van der Waals surface area contributed by atoms with Crippen LogP contribution in [0.3, 0.4) is 0 Å². The molecule has 0 aromatic carbocycles. The Kier molecular flexibility index (Phi) is 3.90. The molecule has 1 amide bonds. The first-order valence-corrected chi connectivity index (χ1v) is 7.72. The smallest absolute Gasteiger partial charge is 0.247 e. The van der Waals surface area contributed by atoms with Crippen LogP contribution < -0.4 is 0 Å². The second-order valence-corrected chi connectivity index (χ2v) is 6.01. The summed E-state index contributed by atoms with van der Waals surface area (Å²) in [4.78, 5) is 18.6. The third-order valence-corrected chi connectivity index (χ3v) is 4.70. The summed E-state index contributed by atoms with van der Waals surface area (Å²) in [6.07, 6.45) is 4.87. The van der Waals surface area contributed by atoms with E-state index >= 15 is 0 Å². The molecule has 2 atom stereocenters. The maximum atomic E-state index is 12.8. The van der Waals surface area contributed by atoms with Crippen LogP contribution in [0.5, 0.6) is 0 Å². The van der Waals surface area contributed by atoms with Crippen LogP contribution in [-0.2, 0) is 11.8 Å². The van der Waals surface area contributed by atoms with Gasteiger partial charge in [0.2, 0.25) is 5.91 Å². The first kappa shape index (κ1) is 15.0. The Bertz CT molecular complexity index is 680. The molecule has 0 unspecified atom stereocenters. The van der Waals surface area contributed by atoms with Gasteiger partial charge in [0.05, 0.1) is 11.7 Å². The fourth-order valence-corrected chi connectivity index (χ4v) is 3.43. The zero-order chi connectivity index (χ0) is 15.9. The molecule has 118 valence electrons. The molecule has 1 saturated heterocycles. The van der Waals surface area contributed by atoms with E-state index in [4.69, 9.17) is 11.6 Å². The fourth-order valence-electron chi connectivity index (χ4n) is 3.13. The molecule has 3 heterocycles. The average molecular weight is 323 g/mol. The topological polar surface area (TPSA) is 68.8 Å². The van der Waals surface area contributed by atoms with Gasteiger partial charge < -0.3 is 4.90 Å². The average Bonchev–Trinajstić information content (AvgIpc) is 3.20. The second-order valence-electron chi connectivity index (χ2n) is 5.65. The van der Waals surface area contributed by atoms with E-state index in [1.807, 2.05) is 25.8 Å². The predicted molar refractivity (Wildman–Crippen MR) is 81.4 cm³/mol. The first-order chi connectivity index (χ1) is 10.5. The van der Waals surface area contributed by atoms with E-state index in [9.17, 15) is 4.79 Å². The molecule has 3 rings (SSSR count). The Morgan fingerprint density at radius 2 is 2.27 bits per heavy atom. The lowest BCUT2D eigenvalue weighted by molar-refractivity contribution is -0.135. The molecule has 1 aliphatic rings. The zero-order valence-corrected chi connectivity index (χ0v) is 13.7. The Morgan fingerprint density at radius 3 is 2.86 bits per heavy atom. The lowest BCUT2D eigenvalue weighted by Gasteiger charge is -2.27. The van der Waals surface area contributed by atoms with Gasteiger partial charge in [-0.05, 0) is 26.7 Å². The van der Waals surface area contributed by atoms with Gasteiger partial charge in [0.15, 0.2) is 0 Å². The van der Waals surface area contributed by atoms with E-state index in [1.54, 1.807) is 15.7 Å². The number of halogens is 1. The number of carbonyl (C=O) groups excluding carboxylic acids is 1. The highest BCUT2D eigenvalue weighted by Gasteiger charge is 2.36. The highest BCUT2D eigenvalue weighted by Crippen LogP contribution is 2.38. The number of likely N-dealkylation sites (tertiary alicyclic amines) is 1. The largest absolute Gasteiger partial charge is 0.334 e. The van der Waals surface area contributed by atoms with Crippen molar-refractivity contribution in [1.29, 1.82) is 0 Å². The van der Waals surface area contributed by atoms with Crippen LogP contribution in [0.4, 0.5) is 0 Å². The molecule has 0 saturated carbocycles. The van der Waals surface area contributed by atoms with Crippen molar-refractivity contribution in [3.8, 4) is 0 Å². The Labute approximate surface area is 133 Å². The normalized spacial score (nSPS) is 19.6. The minimum atomic E-state index is -0.376. The second kappa shape index (κ2) is 5.72. The summed E-state index contributed by atoms with van der Waals surface area (Å²) in [6, 6.07) is -0.390. The quantitative estimate of drug-likeness (QED) is 0.865. The number of aromatic nitrogens is 5. The van der Waals surface area contributed by atoms with Gasteiger partial charge in [-0.15, -0.1) is 0 Å². The Balaban J connectivity index is 1.88. The number of hydrogen-bond donors (Lipinski definition) is 0. The van der Waals surface area contributed by atoms with Crippen molar-refractivity contribution in [2.24, 2.45) is 7.05 Å². The molecular formula is C14H19ClN6O. The molecule has 1 aliphatic heterocycles. The SMILES string of the molecule is Cc1nn(C)c(Cl)c1[C@H]1CCCN1C(=O)[C@H](C)n1cncn1. The molecule has 7 nitrogen and oxygen atoms in total. The van der Waals surface area contributed by atoms with Crippen molar-refractivity contribution in [3.05, 3.63) is 29.1 Å². The maximum absolute atomic E-state index is 12.8. The minimum Gasteiger partial charge on any atom is -0.334 e. The molecule has 8 heteroatoms. The summed E-state index contributed by atoms with van der Waals surface area (Å²) >= 11 is 6.38. The number of nitrogens with zero attached hydrogens (tertiary/aromatic N) is 6. The zero-order valence-electron chi connectivity index (χ0n) is 12.9. The van der Waals surface area contributed by atoms with Gasteiger partial charge in [0.1, 0.15) is 23.8 Å². The van der Waals surface area contributed by atoms with Crippen LogP contribution in [0.25, 0.3) is 0 Å². The number of aryl methyl sites for hydroxylation is 2. The van der Waals surface area contributed by atoms with Crippen molar-refractivity contribution in [2.45, 2.75) is 38.8 Å². The molecule has 0 bridgehead atoms. The highest BCUT2D eigenvalue weighted by molar-refractivity contribution is 6.30. The van der Waals surface area contributed by atoms with Gasteiger partial charge in [-0.1, -0.05) is 11.6 Å². The summed E-state index contributed by atoms with van der Waals surface area (Å²) in [5.74, 6) is 0.0346. The summed E-state index contributed by atoms with van der Waals surface area (Å²) in [7, 11) is 1.82. The number of amides is 1. The Hall–Kier alpha value is -1.89.